The van der Waals surface area contributed by atoms with Gasteiger partial charge in [0.05, 0.1) is 18.3 Å². The van der Waals surface area contributed by atoms with E-state index in [1.807, 2.05) is 13.1 Å². The molecule has 1 aliphatic heterocycles. The average molecular weight is 295 g/mol. The fourth-order valence-electron chi connectivity index (χ4n) is 2.36. The maximum Gasteiger partial charge on any atom is 0.320 e. The van der Waals surface area contributed by atoms with Crippen LogP contribution in [-0.2, 0) is 16.6 Å². The topological polar surface area (TPSA) is 79.7 Å². The van der Waals surface area contributed by atoms with Gasteiger partial charge in [0.2, 0.25) is 5.91 Å². The van der Waals surface area contributed by atoms with Crippen molar-refractivity contribution in [1.29, 1.82) is 0 Å². The molecule has 2 rings (SSSR count). The maximum atomic E-state index is 12.1. The molecule has 1 N–H and O–H groups in total. The zero-order valence-corrected chi connectivity index (χ0v) is 12.6. The summed E-state index contributed by atoms with van der Waals surface area (Å²) in [6.45, 7) is 1.62. The first kappa shape index (κ1) is 15.3. The van der Waals surface area contributed by atoms with Crippen molar-refractivity contribution < 1.29 is 14.3 Å². The van der Waals surface area contributed by atoms with Crippen LogP contribution in [0.5, 0.6) is 0 Å². The van der Waals surface area contributed by atoms with Gasteiger partial charge in [-0.25, -0.2) is 4.79 Å². The van der Waals surface area contributed by atoms with Gasteiger partial charge in [0.15, 0.2) is 0 Å². The molecule has 0 aliphatic carbocycles. The number of carbonyl (C=O) groups is 2. The van der Waals surface area contributed by atoms with Gasteiger partial charge in [-0.3, -0.25) is 9.48 Å². The van der Waals surface area contributed by atoms with Crippen molar-refractivity contribution in [2.24, 2.45) is 7.05 Å². The van der Waals surface area contributed by atoms with Gasteiger partial charge >= 0.3 is 6.03 Å². The smallest absolute Gasteiger partial charge is 0.320 e. The Labute approximate surface area is 123 Å². The van der Waals surface area contributed by atoms with Crippen molar-refractivity contribution in [3.8, 4) is 0 Å². The molecule has 116 valence electrons. The first-order valence-electron chi connectivity index (χ1n) is 6.79. The molecule has 2 heterocycles. The van der Waals surface area contributed by atoms with Crippen LogP contribution in [0.1, 0.15) is 11.7 Å². The van der Waals surface area contributed by atoms with Crippen molar-refractivity contribution in [3.63, 3.8) is 0 Å². The van der Waals surface area contributed by atoms with E-state index in [9.17, 15) is 9.59 Å². The maximum absolute atomic E-state index is 12.1. The van der Waals surface area contributed by atoms with E-state index in [2.05, 4.69) is 10.4 Å². The molecule has 8 heteroatoms. The van der Waals surface area contributed by atoms with Gasteiger partial charge in [-0.05, 0) is 6.07 Å². The van der Waals surface area contributed by atoms with Crippen LogP contribution in [0.4, 0.5) is 4.79 Å². The molecule has 0 saturated carbocycles. The molecule has 0 bridgehead atoms. The second-order valence-electron chi connectivity index (χ2n) is 5.08. The van der Waals surface area contributed by atoms with Crippen molar-refractivity contribution >= 4 is 11.9 Å². The number of likely N-dealkylation sites (N-methyl/N-ethyl adjacent to an activating group) is 1. The molecule has 1 aromatic heterocycles. The lowest BCUT2D eigenvalue weighted by atomic mass is 10.2. The minimum absolute atomic E-state index is 0.0568. The van der Waals surface area contributed by atoms with E-state index < -0.39 is 0 Å². The summed E-state index contributed by atoms with van der Waals surface area (Å²) < 4.78 is 6.84. The molecule has 1 aliphatic rings. The summed E-state index contributed by atoms with van der Waals surface area (Å²) in [7, 11) is 5.11. The van der Waals surface area contributed by atoms with E-state index >= 15 is 0 Å². The number of carbonyl (C=O) groups excluding carboxylic acids is 2. The molecular weight excluding hydrogens is 274 g/mol. The number of aromatic nitrogens is 2. The number of aryl methyl sites for hydroxylation is 1. The standard InChI is InChI=1S/C13H21N5O3/c1-16-6-7-18(13(16)20)8-12(19)15-10(9-21-3)11-4-5-14-17(11)2/h4-5,10H,6-9H2,1-3H3,(H,15,19). The van der Waals surface area contributed by atoms with Crippen molar-refractivity contribution in [3.05, 3.63) is 18.0 Å². The molecular formula is C13H21N5O3. The lowest BCUT2D eigenvalue weighted by Crippen LogP contribution is -2.41. The molecule has 1 aromatic rings. The minimum Gasteiger partial charge on any atom is -0.382 e. The average Bonchev–Trinajstić information content (AvgIpc) is 2.99. The van der Waals surface area contributed by atoms with Crippen molar-refractivity contribution in [2.75, 3.05) is 40.4 Å². The van der Waals surface area contributed by atoms with Gasteiger partial charge in [0, 0.05) is 40.5 Å². The van der Waals surface area contributed by atoms with E-state index in [0.717, 1.165) is 5.69 Å². The van der Waals surface area contributed by atoms with Crippen LogP contribution in [-0.4, -0.2) is 71.9 Å². The monoisotopic (exact) mass is 295 g/mol. The number of hydrogen-bond donors (Lipinski definition) is 1. The summed E-state index contributed by atoms with van der Waals surface area (Å²) in [5.74, 6) is -0.207. The number of nitrogens with one attached hydrogen (secondary N) is 1. The number of nitrogens with zero attached hydrogens (tertiary/aromatic N) is 4. The molecule has 21 heavy (non-hydrogen) atoms. The predicted molar refractivity (Wildman–Crippen MR) is 75.6 cm³/mol. The first-order valence-corrected chi connectivity index (χ1v) is 6.79. The Morgan fingerprint density at radius 1 is 1.48 bits per heavy atom. The van der Waals surface area contributed by atoms with Crippen molar-refractivity contribution in [2.45, 2.75) is 6.04 Å². The van der Waals surface area contributed by atoms with Gasteiger partial charge in [-0.15, -0.1) is 0 Å². The summed E-state index contributed by atoms with van der Waals surface area (Å²) in [5.41, 5.74) is 0.857. The SMILES string of the molecule is COCC(NC(=O)CN1CCN(C)C1=O)c1ccnn1C. The van der Waals surface area contributed by atoms with E-state index in [1.165, 1.54) is 4.90 Å². The Morgan fingerprint density at radius 2 is 2.24 bits per heavy atom. The van der Waals surface area contributed by atoms with Gasteiger partial charge < -0.3 is 19.9 Å². The van der Waals surface area contributed by atoms with Crippen LogP contribution in [0.15, 0.2) is 12.3 Å². The quantitative estimate of drug-likeness (QED) is 0.774. The number of methoxy groups -OCH3 is 1. The fraction of sp³-hybridized carbons (Fsp3) is 0.615. The lowest BCUT2D eigenvalue weighted by Gasteiger charge is -2.21. The summed E-state index contributed by atoms with van der Waals surface area (Å²) in [6, 6.07) is 1.43. The number of ether oxygens (including phenoxy) is 1. The van der Waals surface area contributed by atoms with Crippen LogP contribution in [0.2, 0.25) is 0 Å². The van der Waals surface area contributed by atoms with Crippen LogP contribution in [0, 0.1) is 0 Å². The zero-order valence-electron chi connectivity index (χ0n) is 12.6. The molecule has 1 unspecified atom stereocenters. The second kappa shape index (κ2) is 6.57. The van der Waals surface area contributed by atoms with Crippen LogP contribution < -0.4 is 5.32 Å². The van der Waals surface area contributed by atoms with E-state index in [0.29, 0.717) is 19.7 Å². The second-order valence-corrected chi connectivity index (χ2v) is 5.08. The number of amides is 3. The van der Waals surface area contributed by atoms with E-state index in [4.69, 9.17) is 4.74 Å². The third-order valence-electron chi connectivity index (χ3n) is 3.52. The highest BCUT2D eigenvalue weighted by molar-refractivity contribution is 5.85. The summed E-state index contributed by atoms with van der Waals surface area (Å²) >= 11 is 0. The van der Waals surface area contributed by atoms with E-state index in [1.54, 1.807) is 29.9 Å². The first-order chi connectivity index (χ1) is 10.0. The van der Waals surface area contributed by atoms with E-state index in [-0.39, 0.29) is 24.5 Å². The largest absolute Gasteiger partial charge is 0.382 e. The highest BCUT2D eigenvalue weighted by Gasteiger charge is 2.28. The summed E-state index contributed by atoms with van der Waals surface area (Å²) in [4.78, 5) is 27.0. The van der Waals surface area contributed by atoms with Crippen molar-refractivity contribution in [1.82, 2.24) is 24.9 Å². The molecule has 3 amide bonds. The highest BCUT2D eigenvalue weighted by atomic mass is 16.5. The molecule has 1 atom stereocenters. The van der Waals surface area contributed by atoms with Gasteiger partial charge in [0.1, 0.15) is 6.54 Å². The molecule has 0 aromatic carbocycles. The molecule has 0 spiro atoms. The molecule has 0 radical (unpaired) electrons. The highest BCUT2D eigenvalue weighted by Crippen LogP contribution is 2.12. The third-order valence-corrected chi connectivity index (χ3v) is 3.52. The van der Waals surface area contributed by atoms with Gasteiger partial charge in [0.25, 0.3) is 0 Å². The van der Waals surface area contributed by atoms with Gasteiger partial charge in [-0.2, -0.15) is 5.10 Å². The molecule has 8 nitrogen and oxygen atoms in total. The number of hydrogen-bond acceptors (Lipinski definition) is 4. The minimum atomic E-state index is -0.287. The zero-order chi connectivity index (χ0) is 15.4. The Kier molecular flexibility index (Phi) is 4.79. The summed E-state index contributed by atoms with van der Waals surface area (Å²) in [5, 5.41) is 6.98. The fourth-order valence-corrected chi connectivity index (χ4v) is 2.36. The number of urea groups is 1. The Balaban J connectivity index is 1.96. The van der Waals surface area contributed by atoms with Crippen LogP contribution in [0.3, 0.4) is 0 Å². The van der Waals surface area contributed by atoms with Crippen LogP contribution in [0.25, 0.3) is 0 Å². The predicted octanol–water partition coefficient (Wildman–Crippen LogP) is -0.409. The Morgan fingerprint density at radius 3 is 2.76 bits per heavy atom. The lowest BCUT2D eigenvalue weighted by molar-refractivity contribution is -0.122. The number of rotatable bonds is 6. The normalized spacial score (nSPS) is 16.4. The van der Waals surface area contributed by atoms with Crippen LogP contribution >= 0.6 is 0 Å². The third kappa shape index (κ3) is 3.52. The Bertz CT molecular complexity index is 516. The molecule has 1 saturated heterocycles. The molecule has 1 fully saturated rings. The Hall–Kier alpha value is -2.09. The summed E-state index contributed by atoms with van der Waals surface area (Å²) in [6.07, 6.45) is 1.67. The van der Waals surface area contributed by atoms with Gasteiger partial charge in [-0.1, -0.05) is 0 Å².